The Morgan fingerprint density at radius 3 is 2.96 bits per heavy atom. The monoisotopic (exact) mass is 329 g/mol. The maximum absolute atomic E-state index is 12.5. The Kier molecular flexibility index (Phi) is 4.96. The fourth-order valence-electron chi connectivity index (χ4n) is 3.12. The van der Waals surface area contributed by atoms with Gasteiger partial charge in [-0.1, -0.05) is 19.6 Å². The van der Waals surface area contributed by atoms with E-state index in [-0.39, 0.29) is 11.9 Å². The SMILES string of the molecule is C=CC(=O)N(Cc1ccnn1C1CCC1)C(CC)c1cccs1. The van der Waals surface area contributed by atoms with E-state index in [2.05, 4.69) is 34.7 Å². The normalized spacial score (nSPS) is 15.9. The Bertz CT molecular complexity index is 658. The van der Waals surface area contributed by atoms with Crippen LogP contribution in [0, 0.1) is 0 Å². The molecule has 1 unspecified atom stereocenters. The van der Waals surface area contributed by atoms with Crippen molar-refractivity contribution in [1.29, 1.82) is 0 Å². The molecule has 122 valence electrons. The van der Waals surface area contributed by atoms with Crippen molar-refractivity contribution >= 4 is 17.2 Å². The number of carbonyl (C=O) groups is 1. The highest BCUT2D eigenvalue weighted by molar-refractivity contribution is 7.10. The highest BCUT2D eigenvalue weighted by atomic mass is 32.1. The molecule has 2 heterocycles. The Hall–Kier alpha value is -1.88. The number of hydrogen-bond acceptors (Lipinski definition) is 3. The first-order valence-electron chi connectivity index (χ1n) is 8.23. The van der Waals surface area contributed by atoms with E-state index in [1.165, 1.54) is 30.2 Å². The molecule has 2 aromatic rings. The second kappa shape index (κ2) is 7.13. The van der Waals surface area contributed by atoms with Gasteiger partial charge in [0.2, 0.25) is 5.91 Å². The Morgan fingerprint density at radius 2 is 2.39 bits per heavy atom. The second-order valence-corrected chi connectivity index (χ2v) is 6.94. The zero-order valence-corrected chi connectivity index (χ0v) is 14.3. The number of hydrogen-bond donors (Lipinski definition) is 0. The quantitative estimate of drug-likeness (QED) is 0.709. The van der Waals surface area contributed by atoms with Crippen molar-refractivity contribution in [2.75, 3.05) is 0 Å². The van der Waals surface area contributed by atoms with Crippen LogP contribution in [0.4, 0.5) is 0 Å². The molecular formula is C18H23N3OS. The third kappa shape index (κ3) is 3.24. The van der Waals surface area contributed by atoms with Crippen LogP contribution in [0.3, 0.4) is 0 Å². The van der Waals surface area contributed by atoms with E-state index >= 15 is 0 Å². The lowest BCUT2D eigenvalue weighted by Crippen LogP contribution is -2.34. The van der Waals surface area contributed by atoms with Gasteiger partial charge in [0.25, 0.3) is 0 Å². The molecule has 0 bridgehead atoms. The summed E-state index contributed by atoms with van der Waals surface area (Å²) in [6.45, 7) is 6.39. The molecule has 0 N–H and O–H groups in total. The van der Waals surface area contributed by atoms with Crippen LogP contribution in [-0.4, -0.2) is 20.6 Å². The summed E-state index contributed by atoms with van der Waals surface area (Å²) < 4.78 is 2.11. The number of amides is 1. The molecule has 1 fully saturated rings. The van der Waals surface area contributed by atoms with E-state index in [0.29, 0.717) is 12.6 Å². The van der Waals surface area contributed by atoms with Crippen molar-refractivity contribution in [3.05, 3.63) is 53.0 Å². The molecule has 0 aliphatic heterocycles. The van der Waals surface area contributed by atoms with Gasteiger partial charge in [-0.3, -0.25) is 9.48 Å². The summed E-state index contributed by atoms with van der Waals surface area (Å²) >= 11 is 1.70. The topological polar surface area (TPSA) is 38.1 Å². The molecule has 1 saturated carbocycles. The third-order valence-corrected chi connectivity index (χ3v) is 5.57. The van der Waals surface area contributed by atoms with Crippen LogP contribution in [-0.2, 0) is 11.3 Å². The Balaban J connectivity index is 1.86. The zero-order chi connectivity index (χ0) is 16.2. The average Bonchev–Trinajstić information content (AvgIpc) is 3.17. The molecule has 23 heavy (non-hydrogen) atoms. The van der Waals surface area contributed by atoms with Gasteiger partial charge < -0.3 is 4.90 Å². The summed E-state index contributed by atoms with van der Waals surface area (Å²) in [6, 6.07) is 6.76. The maximum atomic E-state index is 12.5. The van der Waals surface area contributed by atoms with Gasteiger partial charge in [-0.05, 0) is 49.3 Å². The molecular weight excluding hydrogens is 306 g/mol. The van der Waals surface area contributed by atoms with Gasteiger partial charge in [0.05, 0.1) is 24.3 Å². The summed E-state index contributed by atoms with van der Waals surface area (Å²) in [4.78, 5) is 15.6. The van der Waals surface area contributed by atoms with Crippen LogP contribution in [0.2, 0.25) is 0 Å². The van der Waals surface area contributed by atoms with Gasteiger partial charge in [-0.15, -0.1) is 11.3 Å². The minimum absolute atomic E-state index is 0.0217. The number of nitrogens with zero attached hydrogens (tertiary/aromatic N) is 3. The van der Waals surface area contributed by atoms with E-state index in [1.54, 1.807) is 11.3 Å². The second-order valence-electron chi connectivity index (χ2n) is 5.96. The van der Waals surface area contributed by atoms with Gasteiger partial charge in [0.15, 0.2) is 0 Å². The summed E-state index contributed by atoms with van der Waals surface area (Å²) in [5, 5.41) is 6.54. The lowest BCUT2D eigenvalue weighted by Gasteiger charge is -2.32. The molecule has 0 aromatic carbocycles. The number of thiophene rings is 1. The summed E-state index contributed by atoms with van der Waals surface area (Å²) in [5.74, 6) is -0.0217. The smallest absolute Gasteiger partial charge is 0.246 e. The predicted molar refractivity (Wildman–Crippen MR) is 93.2 cm³/mol. The highest BCUT2D eigenvalue weighted by Gasteiger charge is 2.27. The first-order valence-corrected chi connectivity index (χ1v) is 9.11. The van der Waals surface area contributed by atoms with Gasteiger partial charge >= 0.3 is 0 Å². The van der Waals surface area contributed by atoms with Crippen molar-refractivity contribution in [2.24, 2.45) is 0 Å². The van der Waals surface area contributed by atoms with E-state index in [1.807, 2.05) is 23.2 Å². The van der Waals surface area contributed by atoms with Gasteiger partial charge in [0, 0.05) is 11.1 Å². The lowest BCUT2D eigenvalue weighted by molar-refractivity contribution is -0.129. The molecule has 1 atom stereocenters. The third-order valence-electron chi connectivity index (χ3n) is 4.60. The van der Waals surface area contributed by atoms with Crippen molar-refractivity contribution in [1.82, 2.24) is 14.7 Å². The van der Waals surface area contributed by atoms with Crippen LogP contribution >= 0.6 is 11.3 Å². The van der Waals surface area contributed by atoms with Gasteiger partial charge in [-0.2, -0.15) is 5.10 Å². The van der Waals surface area contributed by atoms with Gasteiger partial charge in [-0.25, -0.2) is 0 Å². The molecule has 4 nitrogen and oxygen atoms in total. The minimum atomic E-state index is -0.0217. The molecule has 0 spiro atoms. The summed E-state index contributed by atoms with van der Waals surface area (Å²) in [5.41, 5.74) is 1.11. The Labute approximate surface area is 141 Å². The average molecular weight is 329 g/mol. The van der Waals surface area contributed by atoms with E-state index < -0.39 is 0 Å². The number of rotatable bonds is 7. The highest BCUT2D eigenvalue weighted by Crippen LogP contribution is 2.34. The van der Waals surface area contributed by atoms with Crippen LogP contribution in [0.15, 0.2) is 42.4 Å². The van der Waals surface area contributed by atoms with Gasteiger partial charge in [0.1, 0.15) is 0 Å². The predicted octanol–water partition coefficient (Wildman–Crippen LogP) is 4.34. The van der Waals surface area contributed by atoms with Crippen LogP contribution in [0.5, 0.6) is 0 Å². The first kappa shape index (κ1) is 16.0. The fraction of sp³-hybridized carbons (Fsp3) is 0.444. The molecule has 1 aliphatic carbocycles. The molecule has 0 saturated heterocycles. The number of carbonyl (C=O) groups excluding carboxylic acids is 1. The van der Waals surface area contributed by atoms with Crippen molar-refractivity contribution < 1.29 is 4.79 Å². The standard InChI is InChI=1S/C18H23N3OS/c1-3-16(17-9-6-12-23-17)20(18(22)4-2)13-15-10-11-19-21(15)14-7-5-8-14/h4,6,9-12,14,16H,2-3,5,7-8,13H2,1H3. The maximum Gasteiger partial charge on any atom is 0.246 e. The molecule has 1 amide bonds. The molecule has 5 heteroatoms. The minimum Gasteiger partial charge on any atom is -0.325 e. The van der Waals surface area contributed by atoms with E-state index in [4.69, 9.17) is 0 Å². The summed E-state index contributed by atoms with van der Waals surface area (Å²) in [6.07, 6.45) is 7.79. The number of aromatic nitrogens is 2. The van der Waals surface area contributed by atoms with Crippen LogP contribution in [0.25, 0.3) is 0 Å². The lowest BCUT2D eigenvalue weighted by atomic mass is 9.93. The Morgan fingerprint density at radius 1 is 1.57 bits per heavy atom. The fourth-order valence-corrected chi connectivity index (χ4v) is 4.04. The molecule has 3 rings (SSSR count). The van der Waals surface area contributed by atoms with E-state index in [9.17, 15) is 4.79 Å². The van der Waals surface area contributed by atoms with Crippen LogP contribution < -0.4 is 0 Å². The van der Waals surface area contributed by atoms with E-state index in [0.717, 1.165) is 12.1 Å². The molecule has 0 radical (unpaired) electrons. The summed E-state index contributed by atoms with van der Waals surface area (Å²) in [7, 11) is 0. The first-order chi connectivity index (χ1) is 11.2. The zero-order valence-electron chi connectivity index (χ0n) is 13.5. The van der Waals surface area contributed by atoms with Crippen LogP contribution in [0.1, 0.15) is 55.3 Å². The van der Waals surface area contributed by atoms with Crippen molar-refractivity contribution in [3.63, 3.8) is 0 Å². The largest absolute Gasteiger partial charge is 0.325 e. The molecule has 1 aliphatic rings. The van der Waals surface area contributed by atoms with Crippen molar-refractivity contribution in [2.45, 2.75) is 51.2 Å². The molecule has 2 aromatic heterocycles. The van der Waals surface area contributed by atoms with Crippen molar-refractivity contribution in [3.8, 4) is 0 Å².